The monoisotopic (exact) mass is 598 g/mol. The fourth-order valence-corrected chi connectivity index (χ4v) is 6.25. The van der Waals surface area contributed by atoms with Crippen LogP contribution in [0, 0.1) is 23.3 Å². The number of sulfonamides is 1. The molecule has 1 aliphatic rings. The number of halogens is 4. The first-order chi connectivity index (χ1) is 19.7. The lowest BCUT2D eigenvalue weighted by molar-refractivity contribution is 0.521. The molecule has 2 N–H and O–H groups in total. The maximum atomic E-state index is 16.0. The number of rotatable bonds is 8. The second-order valence-electron chi connectivity index (χ2n) is 9.10. The smallest absolute Gasteiger partial charge is 0.267 e. The molecule has 6 rings (SSSR count). The molecule has 0 unspecified atom stereocenters. The molecule has 0 aliphatic heterocycles. The molecule has 41 heavy (non-hydrogen) atoms. The zero-order valence-electron chi connectivity index (χ0n) is 20.8. The largest absolute Gasteiger partial charge is 0.351 e. The van der Waals surface area contributed by atoms with Crippen LogP contribution >= 0.6 is 11.3 Å². The third-order valence-electron chi connectivity index (χ3n) is 6.06. The van der Waals surface area contributed by atoms with Crippen molar-refractivity contribution in [2.24, 2.45) is 0 Å². The van der Waals surface area contributed by atoms with Gasteiger partial charge in [0.25, 0.3) is 10.0 Å². The highest BCUT2D eigenvalue weighted by molar-refractivity contribution is 7.92. The van der Waals surface area contributed by atoms with E-state index in [-0.39, 0.29) is 17.3 Å². The molecule has 3 heterocycles. The van der Waals surface area contributed by atoms with Crippen molar-refractivity contribution in [2.45, 2.75) is 23.8 Å². The summed E-state index contributed by atoms with van der Waals surface area (Å²) < 4.78 is 86.0. The Hall–Kier alpha value is -4.43. The van der Waals surface area contributed by atoms with Crippen LogP contribution in [0.5, 0.6) is 0 Å². The van der Waals surface area contributed by atoms with Gasteiger partial charge < -0.3 is 5.32 Å². The minimum atomic E-state index is -4.85. The van der Waals surface area contributed by atoms with Gasteiger partial charge in [-0.15, -0.1) is 11.3 Å². The first-order valence-electron chi connectivity index (χ1n) is 12.2. The third kappa shape index (κ3) is 5.47. The predicted molar refractivity (Wildman–Crippen MR) is 146 cm³/mol. The summed E-state index contributed by atoms with van der Waals surface area (Å²) in [6.07, 6.45) is 5.94. The highest BCUT2D eigenvalue weighted by Crippen LogP contribution is 2.42. The summed E-state index contributed by atoms with van der Waals surface area (Å²) >= 11 is 1.10. The summed E-state index contributed by atoms with van der Waals surface area (Å²) in [6, 6.07) is 9.51. The number of hydrogen-bond donors (Lipinski definition) is 2. The molecular weight excluding hydrogens is 580 g/mol. The van der Waals surface area contributed by atoms with Crippen molar-refractivity contribution in [2.75, 3.05) is 10.0 Å². The minimum Gasteiger partial charge on any atom is -0.351 e. The van der Waals surface area contributed by atoms with Crippen LogP contribution < -0.4 is 10.0 Å². The van der Waals surface area contributed by atoms with Gasteiger partial charge in [0.2, 0.25) is 5.95 Å². The molecule has 3 aromatic heterocycles. The second-order valence-corrected chi connectivity index (χ2v) is 11.7. The maximum Gasteiger partial charge on any atom is 0.267 e. The Labute approximate surface area is 235 Å². The molecule has 0 radical (unpaired) electrons. The lowest BCUT2D eigenvalue weighted by Gasteiger charge is -2.12. The van der Waals surface area contributed by atoms with Crippen molar-refractivity contribution in [3.63, 3.8) is 0 Å². The van der Waals surface area contributed by atoms with Crippen LogP contribution in [-0.4, -0.2) is 34.4 Å². The Kier molecular flexibility index (Phi) is 6.87. The standard InChI is InChI=1S/C27H18F4N6O2S2/c28-15-11-14(12-32-13-15)26-36-23(24(40-26)21-9-10-33-27(35-21)34-16-7-8-16)17-3-1-6-20(22(17)31)37-41(38,39)25-18(29)4-2-5-19(25)30/h1-6,9-13,16,37H,7-8H2,(H,33,34,35). The van der Waals surface area contributed by atoms with Gasteiger partial charge in [-0.25, -0.2) is 40.9 Å². The fourth-order valence-electron chi connectivity index (χ4n) is 4.02. The van der Waals surface area contributed by atoms with E-state index in [0.717, 1.165) is 54.6 Å². The highest BCUT2D eigenvalue weighted by atomic mass is 32.2. The number of nitrogens with zero attached hydrogens (tertiary/aromatic N) is 4. The van der Waals surface area contributed by atoms with Gasteiger partial charge in [-0.05, 0) is 49.2 Å². The van der Waals surface area contributed by atoms with Crippen molar-refractivity contribution in [1.82, 2.24) is 19.9 Å². The van der Waals surface area contributed by atoms with Crippen LogP contribution in [0.1, 0.15) is 12.8 Å². The molecule has 0 bridgehead atoms. The Morgan fingerprint density at radius 1 is 0.927 bits per heavy atom. The molecule has 1 aliphatic carbocycles. The van der Waals surface area contributed by atoms with Gasteiger partial charge in [0.15, 0.2) is 10.7 Å². The topological polar surface area (TPSA) is 110 Å². The summed E-state index contributed by atoms with van der Waals surface area (Å²) in [5, 5.41) is 3.49. The Morgan fingerprint density at radius 2 is 1.68 bits per heavy atom. The zero-order chi connectivity index (χ0) is 28.7. The second kappa shape index (κ2) is 10.5. The molecule has 0 atom stereocenters. The number of benzene rings is 2. The van der Waals surface area contributed by atoms with E-state index in [1.165, 1.54) is 30.6 Å². The molecule has 14 heteroatoms. The summed E-state index contributed by atoms with van der Waals surface area (Å²) in [5.74, 6) is -3.94. The molecule has 0 spiro atoms. The number of nitrogens with one attached hydrogen (secondary N) is 2. The molecule has 0 amide bonds. The van der Waals surface area contributed by atoms with Crippen molar-refractivity contribution in [1.29, 1.82) is 0 Å². The molecule has 5 aromatic rings. The maximum absolute atomic E-state index is 16.0. The van der Waals surface area contributed by atoms with Gasteiger partial charge in [0, 0.05) is 29.6 Å². The molecule has 1 saturated carbocycles. The van der Waals surface area contributed by atoms with E-state index < -0.39 is 43.9 Å². The van der Waals surface area contributed by atoms with E-state index in [1.807, 2.05) is 4.72 Å². The normalized spacial score (nSPS) is 13.3. The molecular formula is C27H18F4N6O2S2. The highest BCUT2D eigenvalue weighted by Gasteiger charge is 2.28. The van der Waals surface area contributed by atoms with Crippen LogP contribution in [-0.2, 0) is 10.0 Å². The van der Waals surface area contributed by atoms with Crippen LogP contribution in [0.2, 0.25) is 0 Å². The van der Waals surface area contributed by atoms with E-state index in [1.54, 1.807) is 6.07 Å². The average Bonchev–Trinajstić information content (AvgIpc) is 3.63. The summed E-state index contributed by atoms with van der Waals surface area (Å²) in [5.41, 5.74) is 0.124. The van der Waals surface area contributed by atoms with Crippen LogP contribution in [0.3, 0.4) is 0 Å². The number of aromatic nitrogens is 4. The first-order valence-corrected chi connectivity index (χ1v) is 14.5. The summed E-state index contributed by atoms with van der Waals surface area (Å²) in [6.45, 7) is 0. The lowest BCUT2D eigenvalue weighted by Crippen LogP contribution is -2.17. The van der Waals surface area contributed by atoms with Crippen molar-refractivity contribution < 1.29 is 26.0 Å². The Morgan fingerprint density at radius 3 is 2.41 bits per heavy atom. The summed E-state index contributed by atoms with van der Waals surface area (Å²) in [7, 11) is -4.85. The van der Waals surface area contributed by atoms with E-state index in [0.29, 0.717) is 27.1 Å². The predicted octanol–water partition coefficient (Wildman–Crippen LogP) is 6.26. The number of anilines is 2. The van der Waals surface area contributed by atoms with Crippen LogP contribution in [0.15, 0.2) is 72.0 Å². The minimum absolute atomic E-state index is 0.0842. The van der Waals surface area contributed by atoms with Gasteiger partial charge in [0.1, 0.15) is 22.5 Å². The number of thiazole rings is 1. The van der Waals surface area contributed by atoms with Gasteiger partial charge in [-0.2, -0.15) is 0 Å². The molecule has 1 fully saturated rings. The van der Waals surface area contributed by atoms with Crippen LogP contribution in [0.25, 0.3) is 32.4 Å². The average molecular weight is 599 g/mol. The fraction of sp³-hybridized carbons (Fsp3) is 0.111. The van der Waals surface area contributed by atoms with Crippen molar-refractivity contribution in [3.8, 4) is 32.4 Å². The van der Waals surface area contributed by atoms with Crippen molar-refractivity contribution in [3.05, 3.63) is 90.4 Å². The molecule has 2 aromatic carbocycles. The van der Waals surface area contributed by atoms with E-state index in [9.17, 15) is 21.6 Å². The van der Waals surface area contributed by atoms with Crippen LogP contribution in [0.4, 0.5) is 29.2 Å². The van der Waals surface area contributed by atoms with Gasteiger partial charge in [-0.1, -0.05) is 12.1 Å². The van der Waals surface area contributed by atoms with Gasteiger partial charge in [0.05, 0.1) is 28.1 Å². The summed E-state index contributed by atoms with van der Waals surface area (Å²) in [4.78, 5) is 16.3. The Balaban J connectivity index is 1.46. The first kappa shape index (κ1) is 26.8. The zero-order valence-corrected chi connectivity index (χ0v) is 22.4. The van der Waals surface area contributed by atoms with E-state index in [2.05, 4.69) is 25.3 Å². The quantitative estimate of drug-likeness (QED) is 0.203. The SMILES string of the molecule is O=S(=O)(Nc1cccc(-c2nc(-c3cncc(F)c3)sc2-c2ccnc(NC3CC3)n2)c1F)c1c(F)cccc1F. The lowest BCUT2D eigenvalue weighted by atomic mass is 10.1. The number of hydrogen-bond acceptors (Lipinski definition) is 8. The van der Waals surface area contributed by atoms with Gasteiger partial charge in [-0.3, -0.25) is 9.71 Å². The number of pyridine rings is 1. The van der Waals surface area contributed by atoms with E-state index >= 15 is 4.39 Å². The molecule has 8 nitrogen and oxygen atoms in total. The molecule has 208 valence electrons. The van der Waals surface area contributed by atoms with Gasteiger partial charge >= 0.3 is 0 Å². The third-order valence-corrected chi connectivity index (χ3v) is 8.61. The van der Waals surface area contributed by atoms with Crippen molar-refractivity contribution >= 4 is 33.0 Å². The Bertz CT molecular complexity index is 1880. The van der Waals surface area contributed by atoms with E-state index in [4.69, 9.17) is 0 Å². The molecule has 0 saturated heterocycles.